The van der Waals surface area contributed by atoms with Gasteiger partial charge in [-0.05, 0) is 39.9 Å². The van der Waals surface area contributed by atoms with E-state index < -0.39 is 0 Å². The molecule has 0 spiro atoms. The van der Waals surface area contributed by atoms with Gasteiger partial charge in [-0.1, -0.05) is 0 Å². The number of ether oxygens (including phenoxy) is 2. The minimum atomic E-state index is 0.358. The number of hydrogen-bond donors (Lipinski definition) is 0. The lowest BCUT2D eigenvalue weighted by Gasteiger charge is -2.18. The highest BCUT2D eigenvalue weighted by atomic mass is 17.2. The van der Waals surface area contributed by atoms with Crippen molar-refractivity contribution in [3.8, 4) is 0 Å². The van der Waals surface area contributed by atoms with Crippen molar-refractivity contribution < 1.29 is 19.2 Å². The minimum absolute atomic E-state index is 0.358. The molecule has 0 aromatic carbocycles. The third-order valence-corrected chi connectivity index (χ3v) is 2.73. The average Bonchev–Trinajstić information content (AvgIpc) is 2.40. The fraction of sp³-hybridized carbons (Fsp3) is 1.00. The Balaban J connectivity index is 3.27. The molecule has 0 aliphatic carbocycles. The molecule has 0 saturated heterocycles. The second-order valence-corrected chi connectivity index (χ2v) is 4.67. The Morgan fingerprint density at radius 3 is 2.11 bits per heavy atom. The van der Waals surface area contributed by atoms with Crippen LogP contribution in [0.1, 0.15) is 19.3 Å². The first kappa shape index (κ1) is 18.8. The van der Waals surface area contributed by atoms with Gasteiger partial charge in [0, 0.05) is 20.2 Å². The predicted octanol–water partition coefficient (Wildman–Crippen LogP) is 1.18. The number of nitrogens with zero attached hydrogens (tertiary/aromatic N) is 2. The molecule has 0 radical (unpaired) electrons. The van der Waals surface area contributed by atoms with Crippen molar-refractivity contribution in [2.75, 3.05) is 68.1 Å². The van der Waals surface area contributed by atoms with Crippen LogP contribution in [-0.4, -0.2) is 77.9 Å². The van der Waals surface area contributed by atoms with Crippen LogP contribution in [-0.2, 0) is 19.2 Å². The van der Waals surface area contributed by atoms with Crippen molar-refractivity contribution in [1.29, 1.82) is 0 Å². The predicted molar refractivity (Wildman–Crippen MR) is 74.8 cm³/mol. The Morgan fingerprint density at radius 1 is 0.842 bits per heavy atom. The van der Waals surface area contributed by atoms with Crippen LogP contribution in [0.3, 0.4) is 0 Å². The normalized spacial score (nSPS) is 11.7. The van der Waals surface area contributed by atoms with Crippen LogP contribution >= 0.6 is 0 Å². The smallest absolute Gasteiger partial charge is 0.148 e. The monoisotopic (exact) mass is 278 g/mol. The third-order valence-electron chi connectivity index (χ3n) is 2.73. The van der Waals surface area contributed by atoms with Gasteiger partial charge < -0.3 is 14.4 Å². The lowest BCUT2D eigenvalue weighted by Crippen LogP contribution is -2.26. The van der Waals surface area contributed by atoms with E-state index in [0.717, 1.165) is 26.1 Å². The standard InChI is InChI=1S/C13H30N2O4/c1-14(10-7-11-19-17-4)8-5-6-9-15(2)12-18-13-16-3/h5-13H2,1-4H3. The van der Waals surface area contributed by atoms with Crippen molar-refractivity contribution in [3.05, 3.63) is 0 Å². The molecule has 0 N–H and O–H groups in total. The number of rotatable bonds is 14. The SMILES string of the molecule is COCOCN(C)CCCCN(C)CCCOOC. The minimum Gasteiger partial charge on any atom is -0.359 e. The van der Waals surface area contributed by atoms with E-state index in [-0.39, 0.29) is 0 Å². The molecular weight excluding hydrogens is 248 g/mol. The fourth-order valence-electron chi connectivity index (χ4n) is 1.69. The zero-order valence-electron chi connectivity index (χ0n) is 12.9. The van der Waals surface area contributed by atoms with E-state index >= 15 is 0 Å². The summed E-state index contributed by atoms with van der Waals surface area (Å²) in [5, 5.41) is 0. The largest absolute Gasteiger partial charge is 0.359 e. The van der Waals surface area contributed by atoms with Gasteiger partial charge >= 0.3 is 0 Å². The van der Waals surface area contributed by atoms with E-state index in [4.69, 9.17) is 14.4 Å². The zero-order chi connectivity index (χ0) is 14.3. The Kier molecular flexibility index (Phi) is 14.0. The topological polar surface area (TPSA) is 43.4 Å². The van der Waals surface area contributed by atoms with Gasteiger partial charge in [0.25, 0.3) is 0 Å². The highest BCUT2D eigenvalue weighted by Gasteiger charge is 2.01. The maximum Gasteiger partial charge on any atom is 0.148 e. The first-order valence-corrected chi connectivity index (χ1v) is 6.80. The molecule has 0 atom stereocenters. The zero-order valence-corrected chi connectivity index (χ0v) is 12.9. The molecule has 0 saturated carbocycles. The van der Waals surface area contributed by atoms with Gasteiger partial charge in [0.2, 0.25) is 0 Å². The molecule has 0 bridgehead atoms. The maximum absolute atomic E-state index is 5.27. The molecule has 0 heterocycles. The summed E-state index contributed by atoms with van der Waals surface area (Å²) in [6.45, 7) is 4.83. The van der Waals surface area contributed by atoms with E-state index in [2.05, 4.69) is 28.8 Å². The summed E-state index contributed by atoms with van der Waals surface area (Å²) in [4.78, 5) is 13.9. The van der Waals surface area contributed by atoms with Crippen molar-refractivity contribution in [3.63, 3.8) is 0 Å². The summed E-state index contributed by atoms with van der Waals surface area (Å²) in [7, 11) is 7.36. The molecule has 0 aliphatic heterocycles. The third kappa shape index (κ3) is 14.0. The van der Waals surface area contributed by atoms with Crippen molar-refractivity contribution in [1.82, 2.24) is 9.80 Å². The Hall–Kier alpha value is -0.240. The highest BCUT2D eigenvalue weighted by Crippen LogP contribution is 1.97. The quantitative estimate of drug-likeness (QED) is 0.206. The molecule has 0 aliphatic rings. The lowest BCUT2D eigenvalue weighted by molar-refractivity contribution is -0.272. The van der Waals surface area contributed by atoms with E-state index in [0.29, 0.717) is 20.1 Å². The summed E-state index contributed by atoms with van der Waals surface area (Å²) in [6.07, 6.45) is 3.36. The molecule has 19 heavy (non-hydrogen) atoms. The Bertz CT molecular complexity index is 184. The molecule has 0 fully saturated rings. The van der Waals surface area contributed by atoms with Crippen molar-refractivity contribution in [2.45, 2.75) is 19.3 Å². The van der Waals surface area contributed by atoms with Crippen LogP contribution in [0.2, 0.25) is 0 Å². The summed E-state index contributed by atoms with van der Waals surface area (Å²) in [5.74, 6) is 0. The summed E-state index contributed by atoms with van der Waals surface area (Å²) >= 11 is 0. The van der Waals surface area contributed by atoms with Gasteiger partial charge in [-0.15, -0.1) is 0 Å². The number of methoxy groups -OCH3 is 1. The van der Waals surface area contributed by atoms with Crippen LogP contribution in [0, 0.1) is 0 Å². The molecule has 0 rings (SSSR count). The first-order valence-electron chi connectivity index (χ1n) is 6.80. The highest BCUT2D eigenvalue weighted by molar-refractivity contribution is 4.54. The molecule has 6 nitrogen and oxygen atoms in total. The van der Waals surface area contributed by atoms with E-state index in [1.165, 1.54) is 20.0 Å². The number of hydrogen-bond acceptors (Lipinski definition) is 6. The molecular formula is C13H30N2O4. The fourth-order valence-corrected chi connectivity index (χ4v) is 1.69. The number of unbranched alkanes of at least 4 members (excludes halogenated alkanes) is 1. The van der Waals surface area contributed by atoms with Gasteiger partial charge in [-0.2, -0.15) is 0 Å². The van der Waals surface area contributed by atoms with E-state index in [1.807, 2.05) is 0 Å². The van der Waals surface area contributed by atoms with Crippen LogP contribution in [0.25, 0.3) is 0 Å². The molecule has 0 aromatic heterocycles. The second-order valence-electron chi connectivity index (χ2n) is 4.67. The van der Waals surface area contributed by atoms with Gasteiger partial charge in [0.05, 0.1) is 13.7 Å². The Morgan fingerprint density at radius 2 is 1.47 bits per heavy atom. The first-order chi connectivity index (χ1) is 9.20. The molecule has 0 aromatic rings. The van der Waals surface area contributed by atoms with Gasteiger partial charge in [0.15, 0.2) is 0 Å². The van der Waals surface area contributed by atoms with Crippen molar-refractivity contribution >= 4 is 0 Å². The molecule has 116 valence electrons. The van der Waals surface area contributed by atoms with E-state index in [1.54, 1.807) is 7.11 Å². The lowest BCUT2D eigenvalue weighted by atomic mass is 10.3. The van der Waals surface area contributed by atoms with E-state index in [9.17, 15) is 0 Å². The van der Waals surface area contributed by atoms with Gasteiger partial charge in [-0.25, -0.2) is 9.78 Å². The average molecular weight is 278 g/mol. The van der Waals surface area contributed by atoms with Crippen LogP contribution in [0.5, 0.6) is 0 Å². The maximum atomic E-state index is 5.27. The molecule has 0 unspecified atom stereocenters. The Labute approximate surface area is 117 Å². The second kappa shape index (κ2) is 14.2. The summed E-state index contributed by atoms with van der Waals surface area (Å²) in [5.41, 5.74) is 0. The van der Waals surface area contributed by atoms with Crippen LogP contribution in [0.4, 0.5) is 0 Å². The van der Waals surface area contributed by atoms with Crippen LogP contribution < -0.4 is 0 Å². The van der Waals surface area contributed by atoms with Crippen molar-refractivity contribution in [2.24, 2.45) is 0 Å². The van der Waals surface area contributed by atoms with Gasteiger partial charge in [0.1, 0.15) is 13.5 Å². The van der Waals surface area contributed by atoms with Gasteiger partial charge in [-0.3, -0.25) is 4.90 Å². The molecule has 6 heteroatoms. The molecule has 0 amide bonds. The summed E-state index contributed by atoms with van der Waals surface area (Å²) < 4.78 is 10.1. The van der Waals surface area contributed by atoms with Crippen LogP contribution in [0.15, 0.2) is 0 Å². The summed E-state index contributed by atoms with van der Waals surface area (Å²) in [6, 6.07) is 0.